The van der Waals surface area contributed by atoms with Crippen molar-refractivity contribution in [1.29, 1.82) is 0 Å². The van der Waals surface area contributed by atoms with Gasteiger partial charge in [0.2, 0.25) is 0 Å². The number of ether oxygens (including phenoxy) is 1. The van der Waals surface area contributed by atoms with Crippen LogP contribution < -0.4 is 15.5 Å². The molecule has 1 fully saturated rings. The SMILES string of the molecule is COC(=O)CCSCc1cccc(C(=O)Nc2ccc(N3CCCCC3)cc2C(=O)Nc2cnc(-c3cccc(C(F)(F)F)c3)nc2)c1. The van der Waals surface area contributed by atoms with Crippen molar-refractivity contribution in [2.24, 2.45) is 0 Å². The number of aromatic nitrogens is 2. The highest BCUT2D eigenvalue weighted by Gasteiger charge is 2.30. The molecule has 0 radical (unpaired) electrons. The van der Waals surface area contributed by atoms with Crippen molar-refractivity contribution in [2.75, 3.05) is 41.5 Å². The molecule has 4 aromatic rings. The first-order chi connectivity index (χ1) is 23.1. The van der Waals surface area contributed by atoms with Crippen molar-refractivity contribution >= 4 is 46.6 Å². The number of carbonyl (C=O) groups excluding carboxylic acids is 3. The number of nitrogens with one attached hydrogen (secondary N) is 2. The Morgan fingerprint density at radius 2 is 1.65 bits per heavy atom. The number of hydrogen-bond donors (Lipinski definition) is 2. The van der Waals surface area contributed by atoms with E-state index in [4.69, 9.17) is 0 Å². The largest absolute Gasteiger partial charge is 0.469 e. The van der Waals surface area contributed by atoms with Crippen LogP contribution in [0.4, 0.5) is 30.2 Å². The lowest BCUT2D eigenvalue weighted by atomic mass is 10.1. The van der Waals surface area contributed by atoms with Crippen molar-refractivity contribution in [1.82, 2.24) is 9.97 Å². The van der Waals surface area contributed by atoms with E-state index < -0.39 is 23.6 Å². The maximum Gasteiger partial charge on any atom is 0.416 e. The molecule has 9 nitrogen and oxygen atoms in total. The Morgan fingerprint density at radius 1 is 0.896 bits per heavy atom. The highest BCUT2D eigenvalue weighted by molar-refractivity contribution is 7.98. The Balaban J connectivity index is 1.33. The molecule has 0 aliphatic carbocycles. The van der Waals surface area contributed by atoms with Crippen LogP contribution in [-0.4, -0.2) is 53.7 Å². The number of halogens is 3. The van der Waals surface area contributed by atoms with Gasteiger partial charge in [-0.1, -0.05) is 24.3 Å². The van der Waals surface area contributed by atoms with Gasteiger partial charge < -0.3 is 20.3 Å². The zero-order chi connectivity index (χ0) is 34.1. The number of alkyl halides is 3. The Bertz CT molecular complexity index is 1760. The van der Waals surface area contributed by atoms with Crippen molar-refractivity contribution < 1.29 is 32.3 Å². The molecule has 0 spiro atoms. The van der Waals surface area contributed by atoms with E-state index in [1.807, 2.05) is 12.1 Å². The maximum atomic E-state index is 13.7. The average Bonchev–Trinajstić information content (AvgIpc) is 3.10. The van der Waals surface area contributed by atoms with Gasteiger partial charge >= 0.3 is 12.1 Å². The lowest BCUT2D eigenvalue weighted by molar-refractivity contribution is -0.140. The number of benzene rings is 3. The van der Waals surface area contributed by atoms with Gasteiger partial charge in [-0.3, -0.25) is 14.4 Å². The van der Waals surface area contributed by atoms with E-state index in [0.717, 1.165) is 55.7 Å². The zero-order valence-corrected chi connectivity index (χ0v) is 27.0. The predicted octanol–water partition coefficient (Wildman–Crippen LogP) is 7.45. The standard InChI is InChI=1S/C35H34F3N5O4S/c1-47-31(44)13-16-48-22-23-7-5-9-25(17-23)33(45)42-30-12-11-28(43-14-3-2-4-15-43)19-29(30)34(46)41-27-20-39-32(40-21-27)24-8-6-10-26(18-24)35(36,37)38/h5-12,17-21H,2-4,13-16,22H2,1H3,(H,41,46)(H,42,45). The molecular weight excluding hydrogens is 643 g/mol. The van der Waals surface area contributed by atoms with Crippen molar-refractivity contribution in [3.8, 4) is 11.4 Å². The first kappa shape index (κ1) is 34.4. The number of carbonyl (C=O) groups is 3. The van der Waals surface area contributed by atoms with Gasteiger partial charge in [0, 0.05) is 41.4 Å². The highest BCUT2D eigenvalue weighted by Crippen LogP contribution is 2.32. The smallest absolute Gasteiger partial charge is 0.416 e. The van der Waals surface area contributed by atoms with Gasteiger partial charge in [-0.2, -0.15) is 24.9 Å². The average molecular weight is 678 g/mol. The van der Waals surface area contributed by atoms with Gasteiger partial charge in [0.05, 0.1) is 48.4 Å². The maximum absolute atomic E-state index is 13.7. The van der Waals surface area contributed by atoms with E-state index in [2.05, 4.69) is 30.2 Å². The normalized spacial score (nSPS) is 13.1. The number of anilines is 3. The summed E-state index contributed by atoms with van der Waals surface area (Å²) in [6.07, 6.45) is 1.64. The number of nitrogens with zero attached hydrogens (tertiary/aromatic N) is 3. The third kappa shape index (κ3) is 9.12. The number of esters is 1. The van der Waals surface area contributed by atoms with Crippen LogP contribution in [0.3, 0.4) is 0 Å². The molecule has 13 heteroatoms. The van der Waals surface area contributed by atoms with E-state index >= 15 is 0 Å². The molecule has 1 saturated heterocycles. The van der Waals surface area contributed by atoms with Gasteiger partial charge in [-0.25, -0.2) is 9.97 Å². The van der Waals surface area contributed by atoms with Crippen molar-refractivity contribution in [3.63, 3.8) is 0 Å². The second-order valence-electron chi connectivity index (χ2n) is 11.1. The Morgan fingerprint density at radius 3 is 2.38 bits per heavy atom. The number of rotatable bonds is 11. The van der Waals surface area contributed by atoms with Crippen LogP contribution in [0.25, 0.3) is 11.4 Å². The van der Waals surface area contributed by atoms with Crippen LogP contribution in [0, 0.1) is 0 Å². The second-order valence-corrected chi connectivity index (χ2v) is 12.2. The van der Waals surface area contributed by atoms with Crippen LogP contribution in [0.5, 0.6) is 0 Å². The fourth-order valence-corrected chi connectivity index (χ4v) is 6.07. The van der Waals surface area contributed by atoms with E-state index in [1.165, 1.54) is 31.6 Å². The summed E-state index contributed by atoms with van der Waals surface area (Å²) in [5.74, 6) is 0.0690. The quantitative estimate of drug-likeness (QED) is 0.124. The van der Waals surface area contributed by atoms with Crippen LogP contribution in [0.2, 0.25) is 0 Å². The molecule has 2 heterocycles. The lowest BCUT2D eigenvalue weighted by Crippen LogP contribution is -2.29. The zero-order valence-electron chi connectivity index (χ0n) is 26.2. The highest BCUT2D eigenvalue weighted by atomic mass is 32.2. The first-order valence-corrected chi connectivity index (χ1v) is 16.5. The first-order valence-electron chi connectivity index (χ1n) is 15.4. The summed E-state index contributed by atoms with van der Waals surface area (Å²) in [7, 11) is 1.35. The molecule has 5 rings (SSSR count). The Hall–Kier alpha value is -4.91. The molecular formula is C35H34F3N5O4S. The number of thioether (sulfide) groups is 1. The minimum absolute atomic E-state index is 0.0724. The van der Waals surface area contributed by atoms with Gasteiger partial charge in [-0.15, -0.1) is 0 Å². The third-order valence-electron chi connectivity index (χ3n) is 7.71. The molecule has 1 aromatic heterocycles. The van der Waals surface area contributed by atoms with E-state index in [9.17, 15) is 27.6 Å². The molecule has 0 saturated carbocycles. The van der Waals surface area contributed by atoms with Crippen LogP contribution in [0.1, 0.15) is 57.5 Å². The summed E-state index contributed by atoms with van der Waals surface area (Å²) in [5, 5.41) is 5.64. The fourth-order valence-electron chi connectivity index (χ4n) is 5.20. The second kappa shape index (κ2) is 15.8. The van der Waals surface area contributed by atoms with Crippen LogP contribution >= 0.6 is 11.8 Å². The predicted molar refractivity (Wildman–Crippen MR) is 180 cm³/mol. The van der Waals surface area contributed by atoms with E-state index in [1.54, 1.807) is 42.1 Å². The monoisotopic (exact) mass is 677 g/mol. The number of methoxy groups -OCH3 is 1. The van der Waals surface area contributed by atoms with Gasteiger partial charge in [0.25, 0.3) is 11.8 Å². The molecule has 1 aliphatic rings. The minimum atomic E-state index is -4.51. The van der Waals surface area contributed by atoms with Crippen molar-refractivity contribution in [2.45, 2.75) is 37.6 Å². The minimum Gasteiger partial charge on any atom is -0.469 e. The lowest BCUT2D eigenvalue weighted by Gasteiger charge is -2.29. The van der Waals surface area contributed by atoms with Gasteiger partial charge in [-0.05, 0) is 67.3 Å². The summed E-state index contributed by atoms with van der Waals surface area (Å²) in [5.41, 5.74) is 2.29. The van der Waals surface area contributed by atoms with Crippen molar-refractivity contribution in [3.05, 3.63) is 101 Å². The van der Waals surface area contributed by atoms with Crippen LogP contribution in [-0.2, 0) is 21.5 Å². The van der Waals surface area contributed by atoms with Crippen LogP contribution in [0.15, 0.2) is 79.1 Å². The van der Waals surface area contributed by atoms with Gasteiger partial charge in [0.15, 0.2) is 5.82 Å². The molecule has 3 aromatic carbocycles. The van der Waals surface area contributed by atoms with Gasteiger partial charge in [0.1, 0.15) is 0 Å². The molecule has 2 N–H and O–H groups in total. The number of hydrogen-bond acceptors (Lipinski definition) is 8. The Labute approximate surface area is 280 Å². The molecule has 0 unspecified atom stereocenters. The summed E-state index contributed by atoms with van der Waals surface area (Å²) in [6, 6.07) is 17.1. The summed E-state index contributed by atoms with van der Waals surface area (Å²) in [6.45, 7) is 1.70. The van der Waals surface area contributed by atoms with E-state index in [0.29, 0.717) is 29.2 Å². The number of amides is 2. The number of piperidine rings is 1. The summed E-state index contributed by atoms with van der Waals surface area (Å²) in [4.78, 5) is 49.0. The molecule has 0 atom stereocenters. The fraction of sp³-hybridized carbons (Fsp3) is 0.286. The summed E-state index contributed by atoms with van der Waals surface area (Å²) < 4.78 is 44.2. The topological polar surface area (TPSA) is 114 Å². The molecule has 250 valence electrons. The molecule has 0 bridgehead atoms. The molecule has 2 amide bonds. The van der Waals surface area contributed by atoms with E-state index in [-0.39, 0.29) is 28.6 Å². The Kier molecular flexibility index (Phi) is 11.3. The molecule has 48 heavy (non-hydrogen) atoms. The summed E-state index contributed by atoms with van der Waals surface area (Å²) >= 11 is 1.55. The molecule has 1 aliphatic heterocycles. The third-order valence-corrected chi connectivity index (χ3v) is 8.74.